The molecule has 0 aromatic heterocycles. The fourth-order valence-corrected chi connectivity index (χ4v) is 2.84. The topological polar surface area (TPSA) is 9.23 Å². The van der Waals surface area contributed by atoms with E-state index in [0.717, 1.165) is 28.2 Å². The average molecular weight is 258 g/mol. The van der Waals surface area contributed by atoms with Crippen LogP contribution in [-0.2, 0) is 0 Å². The largest absolute Gasteiger partial charge is 0.456 e. The standard InChI is InChI=1S/C19H14O/c1-13-7-6-11-17-15-9-3-2-8-14(15)16-10-4-5-12-18(16)20-19(13)17/h2-12H,1H3. The minimum Gasteiger partial charge on any atom is -0.456 e. The lowest BCUT2D eigenvalue weighted by atomic mass is 9.94. The lowest BCUT2D eigenvalue weighted by molar-refractivity contribution is 0.484. The third-order valence-electron chi connectivity index (χ3n) is 3.82. The molecule has 96 valence electrons. The minimum absolute atomic E-state index is 0.924. The van der Waals surface area contributed by atoms with Crippen molar-refractivity contribution in [2.24, 2.45) is 0 Å². The molecule has 0 amide bonds. The van der Waals surface area contributed by atoms with Crippen molar-refractivity contribution in [3.8, 4) is 33.8 Å². The Balaban J connectivity index is 2.14. The molecule has 0 radical (unpaired) electrons. The summed E-state index contributed by atoms with van der Waals surface area (Å²) in [6.07, 6.45) is 0. The van der Waals surface area contributed by atoms with Gasteiger partial charge in [0.15, 0.2) is 0 Å². The van der Waals surface area contributed by atoms with Crippen LogP contribution in [0.2, 0.25) is 0 Å². The van der Waals surface area contributed by atoms with Gasteiger partial charge >= 0.3 is 0 Å². The zero-order chi connectivity index (χ0) is 13.5. The summed E-state index contributed by atoms with van der Waals surface area (Å²) in [4.78, 5) is 0. The van der Waals surface area contributed by atoms with Gasteiger partial charge in [0, 0.05) is 11.1 Å². The first-order valence-electron chi connectivity index (χ1n) is 6.81. The molecule has 1 nitrogen and oxygen atoms in total. The second-order valence-corrected chi connectivity index (χ2v) is 5.10. The summed E-state index contributed by atoms with van der Waals surface area (Å²) in [5, 5.41) is 0. The molecule has 0 fully saturated rings. The number of hydrogen-bond acceptors (Lipinski definition) is 1. The number of ether oxygens (including phenoxy) is 1. The molecule has 0 saturated carbocycles. The molecule has 1 heteroatoms. The van der Waals surface area contributed by atoms with Crippen molar-refractivity contribution in [2.45, 2.75) is 6.92 Å². The van der Waals surface area contributed by atoms with Gasteiger partial charge in [-0.15, -0.1) is 0 Å². The van der Waals surface area contributed by atoms with Gasteiger partial charge in [0.1, 0.15) is 11.5 Å². The number of benzene rings is 3. The van der Waals surface area contributed by atoms with Gasteiger partial charge in [0.25, 0.3) is 0 Å². The van der Waals surface area contributed by atoms with Crippen molar-refractivity contribution in [3.63, 3.8) is 0 Å². The summed E-state index contributed by atoms with van der Waals surface area (Å²) in [6.45, 7) is 2.09. The molecule has 4 rings (SSSR count). The summed E-state index contributed by atoms with van der Waals surface area (Å²) in [6, 6.07) is 23.0. The highest BCUT2D eigenvalue weighted by Gasteiger charge is 2.20. The second-order valence-electron chi connectivity index (χ2n) is 5.10. The Bertz CT molecular complexity index is 802. The van der Waals surface area contributed by atoms with Crippen molar-refractivity contribution in [3.05, 3.63) is 72.3 Å². The van der Waals surface area contributed by atoms with E-state index in [1.54, 1.807) is 0 Å². The first-order valence-corrected chi connectivity index (χ1v) is 6.81. The van der Waals surface area contributed by atoms with Gasteiger partial charge in [-0.25, -0.2) is 0 Å². The van der Waals surface area contributed by atoms with Crippen molar-refractivity contribution in [1.82, 2.24) is 0 Å². The van der Waals surface area contributed by atoms with Crippen LogP contribution in [0.3, 0.4) is 0 Å². The van der Waals surface area contributed by atoms with Gasteiger partial charge in [0.05, 0.1) is 0 Å². The van der Waals surface area contributed by atoms with E-state index in [1.165, 1.54) is 11.1 Å². The first kappa shape index (κ1) is 11.3. The van der Waals surface area contributed by atoms with Crippen molar-refractivity contribution in [2.75, 3.05) is 0 Å². The molecule has 0 unspecified atom stereocenters. The SMILES string of the molecule is Cc1cccc2c1Oc1ccccc1-c1ccccc1-2. The third-order valence-corrected chi connectivity index (χ3v) is 3.82. The van der Waals surface area contributed by atoms with E-state index in [-0.39, 0.29) is 0 Å². The Hall–Kier alpha value is -2.54. The van der Waals surface area contributed by atoms with Gasteiger partial charge in [-0.2, -0.15) is 0 Å². The predicted octanol–water partition coefficient (Wildman–Crippen LogP) is 5.43. The molecule has 0 bridgehead atoms. The number of hydrogen-bond donors (Lipinski definition) is 0. The van der Waals surface area contributed by atoms with Crippen LogP contribution in [0, 0.1) is 6.92 Å². The maximum atomic E-state index is 6.22. The van der Waals surface area contributed by atoms with E-state index >= 15 is 0 Å². The van der Waals surface area contributed by atoms with Gasteiger partial charge in [-0.3, -0.25) is 0 Å². The molecule has 0 N–H and O–H groups in total. The highest BCUT2D eigenvalue weighted by molar-refractivity contribution is 5.90. The molecule has 0 saturated heterocycles. The molecule has 1 aliphatic rings. The molecule has 0 spiro atoms. The first-order chi connectivity index (χ1) is 9.84. The Morgan fingerprint density at radius 2 is 1.20 bits per heavy atom. The zero-order valence-electron chi connectivity index (χ0n) is 11.3. The molecule has 20 heavy (non-hydrogen) atoms. The Morgan fingerprint density at radius 3 is 2.00 bits per heavy atom. The molecule has 1 aliphatic heterocycles. The zero-order valence-corrected chi connectivity index (χ0v) is 11.3. The summed E-state index contributed by atoms with van der Waals surface area (Å²) in [5.74, 6) is 1.89. The fraction of sp³-hybridized carbons (Fsp3) is 0.0526. The molecular formula is C19H14O. The van der Waals surface area contributed by atoms with Gasteiger partial charge < -0.3 is 4.74 Å². The number of rotatable bonds is 0. The van der Waals surface area contributed by atoms with Crippen LogP contribution in [0.5, 0.6) is 11.5 Å². The second kappa shape index (κ2) is 4.24. The average Bonchev–Trinajstić information content (AvgIpc) is 2.64. The molecule has 0 atom stereocenters. The van der Waals surface area contributed by atoms with E-state index in [1.807, 2.05) is 12.1 Å². The van der Waals surface area contributed by atoms with Crippen LogP contribution >= 0.6 is 0 Å². The highest BCUT2D eigenvalue weighted by atomic mass is 16.5. The Labute approximate surface area is 118 Å². The maximum Gasteiger partial charge on any atom is 0.138 e. The van der Waals surface area contributed by atoms with Crippen LogP contribution in [0.25, 0.3) is 22.3 Å². The van der Waals surface area contributed by atoms with E-state index in [0.29, 0.717) is 0 Å². The van der Waals surface area contributed by atoms with Crippen LogP contribution in [-0.4, -0.2) is 0 Å². The van der Waals surface area contributed by atoms with E-state index < -0.39 is 0 Å². The van der Waals surface area contributed by atoms with Gasteiger partial charge in [0.2, 0.25) is 0 Å². The summed E-state index contributed by atoms with van der Waals surface area (Å²) in [7, 11) is 0. The van der Waals surface area contributed by atoms with Crippen molar-refractivity contribution >= 4 is 0 Å². The molecule has 0 aliphatic carbocycles. The van der Waals surface area contributed by atoms with Crippen LogP contribution in [0.15, 0.2) is 66.7 Å². The monoisotopic (exact) mass is 258 g/mol. The Kier molecular flexibility index (Phi) is 2.40. The molecule has 3 aromatic rings. The lowest BCUT2D eigenvalue weighted by Gasteiger charge is -2.11. The maximum absolute atomic E-state index is 6.22. The highest BCUT2D eigenvalue weighted by Crippen LogP contribution is 2.47. The van der Waals surface area contributed by atoms with Gasteiger partial charge in [-0.05, 0) is 29.7 Å². The molecule has 1 heterocycles. The quantitative estimate of drug-likeness (QED) is 0.408. The summed E-state index contributed by atoms with van der Waals surface area (Å²) >= 11 is 0. The third kappa shape index (κ3) is 1.56. The molecule has 3 aromatic carbocycles. The minimum atomic E-state index is 0.924. The predicted molar refractivity (Wildman–Crippen MR) is 82.1 cm³/mol. The lowest BCUT2D eigenvalue weighted by Crippen LogP contribution is -1.88. The molecular weight excluding hydrogens is 244 g/mol. The fourth-order valence-electron chi connectivity index (χ4n) is 2.84. The van der Waals surface area contributed by atoms with E-state index in [4.69, 9.17) is 4.74 Å². The summed E-state index contributed by atoms with van der Waals surface area (Å²) in [5.41, 5.74) is 5.94. The van der Waals surface area contributed by atoms with Crippen molar-refractivity contribution < 1.29 is 4.74 Å². The van der Waals surface area contributed by atoms with Gasteiger partial charge in [-0.1, -0.05) is 60.7 Å². The summed E-state index contributed by atoms with van der Waals surface area (Å²) < 4.78 is 6.22. The van der Waals surface area contributed by atoms with Crippen molar-refractivity contribution in [1.29, 1.82) is 0 Å². The van der Waals surface area contributed by atoms with Crippen LogP contribution in [0.1, 0.15) is 5.56 Å². The normalized spacial score (nSPS) is 11.7. The Morgan fingerprint density at radius 1 is 0.600 bits per heavy atom. The smallest absolute Gasteiger partial charge is 0.138 e. The van der Waals surface area contributed by atoms with E-state index in [9.17, 15) is 0 Å². The van der Waals surface area contributed by atoms with Crippen LogP contribution < -0.4 is 4.74 Å². The number of aryl methyl sites for hydroxylation is 1. The van der Waals surface area contributed by atoms with Crippen LogP contribution in [0.4, 0.5) is 0 Å². The van der Waals surface area contributed by atoms with E-state index in [2.05, 4.69) is 61.5 Å². The number of fused-ring (bicyclic) bond motifs is 5. The number of para-hydroxylation sites is 2.